The molecule has 0 aromatic rings. The minimum Gasteiger partial charge on any atom is -0.465 e. The first kappa shape index (κ1) is 12.7. The third kappa shape index (κ3) is 2.59. The average Bonchev–Trinajstić information content (AvgIpc) is 2.28. The SMILES string of the molecule is CC(CO)C1CCCN(C(=O)O)C1N=C=O. The minimum atomic E-state index is -1.08. The van der Waals surface area contributed by atoms with Gasteiger partial charge in [0, 0.05) is 19.1 Å². The van der Waals surface area contributed by atoms with Crippen LogP contribution in [0.15, 0.2) is 4.99 Å². The Morgan fingerprint density at radius 2 is 2.38 bits per heavy atom. The molecule has 1 amide bonds. The van der Waals surface area contributed by atoms with E-state index in [1.807, 2.05) is 6.92 Å². The molecule has 90 valence electrons. The smallest absolute Gasteiger partial charge is 0.409 e. The molecule has 0 saturated carbocycles. The predicted molar refractivity (Wildman–Crippen MR) is 55.6 cm³/mol. The Morgan fingerprint density at radius 1 is 1.69 bits per heavy atom. The molecule has 6 heteroatoms. The number of amides is 1. The molecule has 1 aliphatic rings. The number of hydrogen-bond donors (Lipinski definition) is 2. The van der Waals surface area contributed by atoms with Crippen molar-refractivity contribution in [2.24, 2.45) is 16.8 Å². The zero-order valence-electron chi connectivity index (χ0n) is 9.17. The molecule has 0 bridgehead atoms. The van der Waals surface area contributed by atoms with Gasteiger partial charge in [-0.1, -0.05) is 6.92 Å². The quantitative estimate of drug-likeness (QED) is 0.548. The number of aliphatic hydroxyl groups excluding tert-OH is 1. The molecule has 1 saturated heterocycles. The summed E-state index contributed by atoms with van der Waals surface area (Å²) in [4.78, 5) is 26.0. The van der Waals surface area contributed by atoms with E-state index in [0.717, 1.165) is 17.7 Å². The highest BCUT2D eigenvalue weighted by atomic mass is 16.4. The van der Waals surface area contributed by atoms with Gasteiger partial charge in [-0.3, -0.25) is 4.90 Å². The van der Waals surface area contributed by atoms with Crippen LogP contribution >= 0.6 is 0 Å². The molecule has 0 spiro atoms. The maximum Gasteiger partial charge on any atom is 0.409 e. The van der Waals surface area contributed by atoms with Crippen molar-refractivity contribution >= 4 is 12.2 Å². The Labute approximate surface area is 93.6 Å². The number of carbonyl (C=O) groups is 1. The summed E-state index contributed by atoms with van der Waals surface area (Å²) in [7, 11) is 0. The summed E-state index contributed by atoms with van der Waals surface area (Å²) in [5.41, 5.74) is 0. The predicted octanol–water partition coefficient (Wildman–Crippen LogP) is 0.667. The molecule has 2 N–H and O–H groups in total. The van der Waals surface area contributed by atoms with Crippen molar-refractivity contribution in [3.8, 4) is 0 Å². The molecule has 0 radical (unpaired) electrons. The highest BCUT2D eigenvalue weighted by molar-refractivity contribution is 5.65. The summed E-state index contributed by atoms with van der Waals surface area (Å²) in [6.45, 7) is 2.16. The number of likely N-dealkylation sites (tertiary alicyclic amines) is 1. The Kier molecular flexibility index (Phi) is 4.46. The molecular weight excluding hydrogens is 212 g/mol. The first-order valence-electron chi connectivity index (χ1n) is 5.29. The molecule has 1 fully saturated rings. The molecule has 0 aliphatic carbocycles. The van der Waals surface area contributed by atoms with Gasteiger partial charge in [-0.15, -0.1) is 0 Å². The third-order valence-electron chi connectivity index (χ3n) is 3.09. The number of carboxylic acid groups (broad SMARTS) is 1. The number of hydrogen-bond acceptors (Lipinski definition) is 4. The van der Waals surface area contributed by atoms with E-state index in [1.54, 1.807) is 0 Å². The molecule has 16 heavy (non-hydrogen) atoms. The number of aliphatic hydroxyl groups is 1. The van der Waals surface area contributed by atoms with Crippen molar-refractivity contribution in [1.82, 2.24) is 4.90 Å². The topological polar surface area (TPSA) is 90.2 Å². The Hall–Kier alpha value is -1.39. The molecule has 1 aliphatic heterocycles. The van der Waals surface area contributed by atoms with Gasteiger partial charge in [0.05, 0.1) is 0 Å². The zero-order valence-corrected chi connectivity index (χ0v) is 9.17. The Balaban J connectivity index is 2.90. The molecule has 1 heterocycles. The monoisotopic (exact) mass is 228 g/mol. The van der Waals surface area contributed by atoms with Gasteiger partial charge in [0.25, 0.3) is 0 Å². The fourth-order valence-electron chi connectivity index (χ4n) is 2.15. The fourth-order valence-corrected chi connectivity index (χ4v) is 2.15. The fraction of sp³-hybridized carbons (Fsp3) is 0.800. The largest absolute Gasteiger partial charge is 0.465 e. The van der Waals surface area contributed by atoms with Crippen LogP contribution in [0.1, 0.15) is 19.8 Å². The van der Waals surface area contributed by atoms with Gasteiger partial charge in [-0.05, 0) is 18.8 Å². The van der Waals surface area contributed by atoms with E-state index >= 15 is 0 Å². The van der Waals surface area contributed by atoms with E-state index in [9.17, 15) is 9.59 Å². The van der Waals surface area contributed by atoms with E-state index in [0.29, 0.717) is 6.54 Å². The third-order valence-corrected chi connectivity index (χ3v) is 3.09. The van der Waals surface area contributed by atoms with E-state index < -0.39 is 12.3 Å². The van der Waals surface area contributed by atoms with Gasteiger partial charge in [0.1, 0.15) is 6.17 Å². The molecule has 0 aromatic heterocycles. The molecule has 1 rings (SSSR count). The van der Waals surface area contributed by atoms with Crippen LogP contribution in [0.5, 0.6) is 0 Å². The second-order valence-electron chi connectivity index (χ2n) is 4.08. The lowest BCUT2D eigenvalue weighted by molar-refractivity contribution is 0.0484. The number of isocyanates is 1. The lowest BCUT2D eigenvalue weighted by atomic mass is 9.84. The summed E-state index contributed by atoms with van der Waals surface area (Å²) >= 11 is 0. The van der Waals surface area contributed by atoms with Crippen LogP contribution in [0, 0.1) is 11.8 Å². The van der Waals surface area contributed by atoms with Gasteiger partial charge in [0.15, 0.2) is 0 Å². The summed E-state index contributed by atoms with van der Waals surface area (Å²) in [6.07, 6.45) is 1.13. The molecular formula is C10H16N2O4. The Bertz CT molecular complexity index is 301. The van der Waals surface area contributed by atoms with Crippen molar-refractivity contribution in [1.29, 1.82) is 0 Å². The van der Waals surface area contributed by atoms with Crippen LogP contribution < -0.4 is 0 Å². The van der Waals surface area contributed by atoms with Crippen LogP contribution in [0.3, 0.4) is 0 Å². The molecule has 0 aromatic carbocycles. The van der Waals surface area contributed by atoms with Gasteiger partial charge >= 0.3 is 6.09 Å². The lowest BCUT2D eigenvalue weighted by Gasteiger charge is -2.38. The van der Waals surface area contributed by atoms with Crippen molar-refractivity contribution in [2.45, 2.75) is 25.9 Å². The number of piperidine rings is 1. The normalized spacial score (nSPS) is 27.0. The number of nitrogens with zero attached hydrogens (tertiary/aromatic N) is 2. The van der Waals surface area contributed by atoms with Crippen molar-refractivity contribution in [3.63, 3.8) is 0 Å². The number of carbonyl (C=O) groups excluding carboxylic acids is 1. The van der Waals surface area contributed by atoms with Crippen molar-refractivity contribution in [3.05, 3.63) is 0 Å². The van der Waals surface area contributed by atoms with Crippen molar-refractivity contribution in [2.75, 3.05) is 13.2 Å². The van der Waals surface area contributed by atoms with Crippen LogP contribution in [-0.4, -0.2) is 46.6 Å². The lowest BCUT2D eigenvalue weighted by Crippen LogP contribution is -2.49. The standard InChI is InChI=1S/C10H16N2O4/c1-7(5-13)8-3-2-4-12(10(15)16)9(8)11-6-14/h7-9,13H,2-5H2,1H3,(H,15,16). The number of rotatable bonds is 3. The van der Waals surface area contributed by atoms with Crippen LogP contribution in [0.2, 0.25) is 0 Å². The molecule has 3 atom stereocenters. The average molecular weight is 228 g/mol. The second kappa shape index (κ2) is 5.63. The summed E-state index contributed by atoms with van der Waals surface area (Å²) in [6, 6.07) is 0. The maximum absolute atomic E-state index is 11.0. The van der Waals surface area contributed by atoms with Crippen LogP contribution in [-0.2, 0) is 4.79 Å². The minimum absolute atomic E-state index is 0.0387. The van der Waals surface area contributed by atoms with E-state index in [2.05, 4.69) is 4.99 Å². The molecule has 6 nitrogen and oxygen atoms in total. The highest BCUT2D eigenvalue weighted by Gasteiger charge is 2.36. The first-order valence-corrected chi connectivity index (χ1v) is 5.29. The highest BCUT2D eigenvalue weighted by Crippen LogP contribution is 2.30. The summed E-state index contributed by atoms with van der Waals surface area (Å²) in [5, 5.41) is 18.1. The van der Waals surface area contributed by atoms with Crippen LogP contribution in [0.25, 0.3) is 0 Å². The number of aliphatic imine (C=N–C) groups is 1. The van der Waals surface area contributed by atoms with E-state index in [4.69, 9.17) is 10.2 Å². The molecule has 3 unspecified atom stereocenters. The van der Waals surface area contributed by atoms with E-state index in [-0.39, 0.29) is 18.4 Å². The summed E-state index contributed by atoms with van der Waals surface area (Å²) in [5.74, 6) is -0.194. The van der Waals surface area contributed by atoms with Crippen LogP contribution in [0.4, 0.5) is 4.79 Å². The maximum atomic E-state index is 11.0. The van der Waals surface area contributed by atoms with Gasteiger partial charge < -0.3 is 10.2 Å². The second-order valence-corrected chi connectivity index (χ2v) is 4.08. The summed E-state index contributed by atoms with van der Waals surface area (Å²) < 4.78 is 0. The van der Waals surface area contributed by atoms with E-state index in [1.165, 1.54) is 6.08 Å². The zero-order chi connectivity index (χ0) is 12.1. The first-order chi connectivity index (χ1) is 7.61. The van der Waals surface area contributed by atoms with Gasteiger partial charge in [-0.2, -0.15) is 4.99 Å². The Morgan fingerprint density at radius 3 is 2.88 bits per heavy atom. The van der Waals surface area contributed by atoms with Crippen molar-refractivity contribution < 1.29 is 19.8 Å². The van der Waals surface area contributed by atoms with Gasteiger partial charge in [0.2, 0.25) is 6.08 Å². The van der Waals surface area contributed by atoms with Gasteiger partial charge in [-0.25, -0.2) is 9.59 Å².